The van der Waals surface area contributed by atoms with Crippen LogP contribution in [0.3, 0.4) is 0 Å². The molecule has 0 aromatic rings. The Labute approximate surface area is 44.3 Å². The molecule has 2 radical (unpaired) electrons. The molecular weight excluding hydrogens is 90.9 g/mol. The maximum Gasteiger partial charge on any atom is 0.292 e. The molecule has 0 aromatic heterocycles. The first kappa shape index (κ1) is 6.53. The van der Waals surface area contributed by atoms with Crippen molar-refractivity contribution in [2.24, 2.45) is 0 Å². The lowest BCUT2D eigenvalue weighted by molar-refractivity contribution is -0.130. The van der Waals surface area contributed by atoms with Gasteiger partial charge in [-0.2, -0.15) is 0 Å². The Morgan fingerprint density at radius 1 is 2.00 bits per heavy atom. The van der Waals surface area contributed by atoms with Crippen molar-refractivity contribution in [1.29, 1.82) is 0 Å². The van der Waals surface area contributed by atoms with Crippen LogP contribution in [0.15, 0.2) is 0 Å². The minimum absolute atomic E-state index is 0.355. The van der Waals surface area contributed by atoms with E-state index in [2.05, 4.69) is 4.74 Å². The van der Waals surface area contributed by atoms with Gasteiger partial charge in [0.25, 0.3) is 6.47 Å². The molecule has 0 bridgehead atoms. The highest BCUT2D eigenvalue weighted by molar-refractivity contribution is 6.11. The van der Waals surface area contributed by atoms with Gasteiger partial charge in [0, 0.05) is 0 Å². The molecule has 0 saturated carbocycles. The highest BCUT2D eigenvalue weighted by Crippen LogP contribution is 1.86. The molecule has 0 N–H and O–H groups in total. The molecular formula is C4H7BO2. The van der Waals surface area contributed by atoms with E-state index in [4.69, 9.17) is 7.85 Å². The van der Waals surface area contributed by atoms with E-state index in [0.717, 1.165) is 0 Å². The Morgan fingerprint density at radius 3 is 2.71 bits per heavy atom. The number of hydrogen-bond donors (Lipinski definition) is 0. The minimum atomic E-state index is -0.419. The van der Waals surface area contributed by atoms with Crippen LogP contribution < -0.4 is 0 Å². The van der Waals surface area contributed by atoms with Crippen molar-refractivity contribution >= 4 is 14.3 Å². The van der Waals surface area contributed by atoms with E-state index in [1.807, 2.05) is 6.92 Å². The summed E-state index contributed by atoms with van der Waals surface area (Å²) in [6.07, 6.45) is 0.665. The fourth-order valence-electron chi connectivity index (χ4n) is 0.168. The van der Waals surface area contributed by atoms with Crippen molar-refractivity contribution in [3.8, 4) is 0 Å². The van der Waals surface area contributed by atoms with Gasteiger partial charge >= 0.3 is 0 Å². The van der Waals surface area contributed by atoms with Gasteiger partial charge in [0.05, 0.1) is 6.00 Å². The average molecular weight is 97.9 g/mol. The Kier molecular flexibility index (Phi) is 3.47. The quantitative estimate of drug-likeness (QED) is 0.368. The summed E-state index contributed by atoms with van der Waals surface area (Å²) >= 11 is 0. The van der Waals surface area contributed by atoms with E-state index in [0.29, 0.717) is 12.9 Å². The second-order valence-corrected chi connectivity index (χ2v) is 1.18. The lowest BCUT2D eigenvalue weighted by atomic mass is 9.98. The van der Waals surface area contributed by atoms with Crippen LogP contribution in [0.5, 0.6) is 0 Å². The zero-order valence-corrected chi connectivity index (χ0v) is 4.26. The van der Waals surface area contributed by atoms with E-state index in [1.54, 1.807) is 0 Å². The Balaban J connectivity index is 2.98. The predicted molar refractivity (Wildman–Crippen MR) is 27.0 cm³/mol. The number of rotatable bonds is 3. The van der Waals surface area contributed by atoms with Crippen molar-refractivity contribution in [1.82, 2.24) is 0 Å². The van der Waals surface area contributed by atoms with Crippen molar-refractivity contribution in [3.63, 3.8) is 0 Å². The largest absolute Gasteiger partial charge is 0.475 e. The average Bonchev–Trinajstić information content (AvgIpc) is 1.68. The summed E-state index contributed by atoms with van der Waals surface area (Å²) in [5.74, 6) is 0. The molecule has 0 rings (SSSR count). The van der Waals surface area contributed by atoms with Gasteiger partial charge in [-0.3, -0.25) is 4.79 Å². The number of hydrogen-bond acceptors (Lipinski definition) is 2. The number of carbonyl (C=O) groups is 1. The minimum Gasteiger partial charge on any atom is -0.475 e. The second kappa shape index (κ2) is 3.72. The summed E-state index contributed by atoms with van der Waals surface area (Å²) < 4.78 is 4.29. The third-order valence-electron chi connectivity index (χ3n) is 0.633. The molecule has 0 amide bonds. The lowest BCUT2D eigenvalue weighted by Crippen LogP contribution is -2.08. The number of ether oxygens (including phenoxy) is 1. The molecule has 0 heterocycles. The van der Waals surface area contributed by atoms with E-state index < -0.39 is 6.00 Å². The van der Waals surface area contributed by atoms with Gasteiger partial charge in [-0.25, -0.2) is 0 Å². The van der Waals surface area contributed by atoms with Crippen LogP contribution in [0.4, 0.5) is 0 Å². The molecule has 0 saturated heterocycles. The highest BCUT2D eigenvalue weighted by Gasteiger charge is 1.92. The molecule has 0 aliphatic carbocycles. The molecule has 3 heteroatoms. The normalized spacial score (nSPS) is 12.7. The van der Waals surface area contributed by atoms with E-state index in [9.17, 15) is 4.79 Å². The SMILES string of the molecule is [B]C(CC)OC=O. The Hall–Kier alpha value is -0.465. The van der Waals surface area contributed by atoms with Crippen molar-refractivity contribution < 1.29 is 9.53 Å². The van der Waals surface area contributed by atoms with E-state index >= 15 is 0 Å². The van der Waals surface area contributed by atoms with Gasteiger partial charge in [0.2, 0.25) is 0 Å². The van der Waals surface area contributed by atoms with E-state index in [1.165, 1.54) is 0 Å². The van der Waals surface area contributed by atoms with Crippen LogP contribution >= 0.6 is 0 Å². The topological polar surface area (TPSA) is 26.3 Å². The van der Waals surface area contributed by atoms with Gasteiger partial charge in [0.1, 0.15) is 7.85 Å². The summed E-state index contributed by atoms with van der Waals surface area (Å²) in [5, 5.41) is 0. The van der Waals surface area contributed by atoms with Crippen molar-refractivity contribution in [2.75, 3.05) is 0 Å². The smallest absolute Gasteiger partial charge is 0.292 e. The van der Waals surface area contributed by atoms with Gasteiger partial charge < -0.3 is 4.74 Å². The Morgan fingerprint density at radius 2 is 2.57 bits per heavy atom. The number of carbonyl (C=O) groups excluding carboxylic acids is 1. The summed E-state index contributed by atoms with van der Waals surface area (Å²) in [7, 11) is 5.13. The van der Waals surface area contributed by atoms with Gasteiger partial charge in [-0.15, -0.1) is 0 Å². The Bertz CT molecular complexity index is 55.7. The van der Waals surface area contributed by atoms with Gasteiger partial charge in [-0.1, -0.05) is 6.92 Å². The lowest BCUT2D eigenvalue weighted by Gasteiger charge is -2.02. The highest BCUT2D eigenvalue weighted by atomic mass is 16.5. The van der Waals surface area contributed by atoms with Crippen LogP contribution in [0.1, 0.15) is 13.3 Å². The van der Waals surface area contributed by atoms with Crippen molar-refractivity contribution in [2.45, 2.75) is 19.3 Å². The van der Waals surface area contributed by atoms with Crippen LogP contribution in [0.25, 0.3) is 0 Å². The summed E-state index contributed by atoms with van der Waals surface area (Å²) in [4.78, 5) is 9.47. The molecule has 0 spiro atoms. The van der Waals surface area contributed by atoms with Crippen LogP contribution in [0, 0.1) is 0 Å². The molecule has 0 aliphatic rings. The molecule has 38 valence electrons. The van der Waals surface area contributed by atoms with Gasteiger partial charge in [0.15, 0.2) is 0 Å². The van der Waals surface area contributed by atoms with Gasteiger partial charge in [-0.05, 0) is 6.42 Å². The zero-order chi connectivity index (χ0) is 5.70. The first-order valence-electron chi connectivity index (χ1n) is 2.16. The third kappa shape index (κ3) is 3.36. The molecule has 1 atom stereocenters. The molecule has 0 fully saturated rings. The predicted octanol–water partition coefficient (Wildman–Crippen LogP) is 0.0640. The first-order valence-corrected chi connectivity index (χ1v) is 2.16. The fourth-order valence-corrected chi connectivity index (χ4v) is 0.168. The summed E-state index contributed by atoms with van der Waals surface area (Å²) in [6.45, 7) is 2.20. The molecule has 2 nitrogen and oxygen atoms in total. The standard InChI is InChI=1S/C4H7BO2/c1-2-4(5)7-3-6/h3-4H,2H2,1H3. The summed E-state index contributed by atoms with van der Waals surface area (Å²) in [6, 6.07) is -0.419. The second-order valence-electron chi connectivity index (χ2n) is 1.18. The molecule has 0 aliphatic heterocycles. The van der Waals surface area contributed by atoms with Crippen LogP contribution in [-0.4, -0.2) is 20.3 Å². The molecule has 0 aromatic carbocycles. The molecule has 1 unspecified atom stereocenters. The molecule has 7 heavy (non-hydrogen) atoms. The van der Waals surface area contributed by atoms with Crippen LogP contribution in [-0.2, 0) is 9.53 Å². The van der Waals surface area contributed by atoms with Crippen LogP contribution in [0.2, 0.25) is 0 Å². The summed E-state index contributed by atoms with van der Waals surface area (Å²) in [5.41, 5.74) is 0. The first-order chi connectivity index (χ1) is 3.31. The maximum atomic E-state index is 9.47. The zero-order valence-electron chi connectivity index (χ0n) is 4.26. The van der Waals surface area contributed by atoms with E-state index in [-0.39, 0.29) is 0 Å². The fraction of sp³-hybridized carbons (Fsp3) is 0.750. The maximum absolute atomic E-state index is 9.47. The monoisotopic (exact) mass is 98.1 g/mol. The third-order valence-corrected chi connectivity index (χ3v) is 0.633. The van der Waals surface area contributed by atoms with Crippen molar-refractivity contribution in [3.05, 3.63) is 0 Å².